The number of anilines is 1. The Kier molecular flexibility index (Phi) is 5.29. The molecule has 0 bridgehead atoms. The van der Waals surface area contributed by atoms with E-state index in [1.165, 1.54) is 0 Å². The van der Waals surface area contributed by atoms with Gasteiger partial charge in [0.15, 0.2) is 11.5 Å². The fraction of sp³-hybridized carbons (Fsp3) is 0.364. The van der Waals surface area contributed by atoms with E-state index in [9.17, 15) is 9.59 Å². The molecule has 2 atom stereocenters. The molecule has 0 spiro atoms. The van der Waals surface area contributed by atoms with E-state index >= 15 is 0 Å². The molecule has 2 aliphatic heterocycles. The Morgan fingerprint density at radius 3 is 2.72 bits per heavy atom. The predicted molar refractivity (Wildman–Crippen MR) is 107 cm³/mol. The van der Waals surface area contributed by atoms with E-state index in [2.05, 4.69) is 5.32 Å². The second-order valence-electron chi connectivity index (χ2n) is 7.18. The molecule has 2 heterocycles. The Bertz CT molecular complexity index is 929. The Balaban J connectivity index is 1.46. The first-order valence-corrected chi connectivity index (χ1v) is 9.65. The zero-order valence-electron chi connectivity index (χ0n) is 16.5. The van der Waals surface area contributed by atoms with Crippen molar-refractivity contribution in [3.8, 4) is 17.2 Å². The van der Waals surface area contributed by atoms with Gasteiger partial charge in [0, 0.05) is 36.7 Å². The summed E-state index contributed by atoms with van der Waals surface area (Å²) in [6, 6.07) is 12.9. The number of hydrogen-bond donors (Lipinski definition) is 1. The molecule has 29 heavy (non-hydrogen) atoms. The number of ether oxygens (including phenoxy) is 3. The van der Waals surface area contributed by atoms with E-state index in [0.717, 1.165) is 11.3 Å². The molecule has 1 N–H and O–H groups in total. The van der Waals surface area contributed by atoms with Gasteiger partial charge in [-0.1, -0.05) is 18.2 Å². The Morgan fingerprint density at radius 2 is 1.93 bits per heavy atom. The molecule has 2 unspecified atom stereocenters. The fourth-order valence-corrected chi connectivity index (χ4v) is 3.91. The molecule has 4 rings (SSSR count). The van der Waals surface area contributed by atoms with Crippen LogP contribution in [0.5, 0.6) is 17.2 Å². The minimum absolute atomic E-state index is 0.0789. The predicted octanol–water partition coefficient (Wildman–Crippen LogP) is 2.70. The molecule has 2 amide bonds. The third kappa shape index (κ3) is 3.72. The number of rotatable bonds is 5. The molecule has 152 valence electrons. The number of carbonyl (C=O) groups excluding carboxylic acids is 2. The van der Waals surface area contributed by atoms with Crippen molar-refractivity contribution in [3.05, 3.63) is 48.0 Å². The van der Waals surface area contributed by atoms with Gasteiger partial charge in [-0.05, 0) is 18.2 Å². The maximum Gasteiger partial charge on any atom is 0.227 e. The maximum absolute atomic E-state index is 12.9. The van der Waals surface area contributed by atoms with Crippen LogP contribution in [0.2, 0.25) is 0 Å². The first-order valence-electron chi connectivity index (χ1n) is 9.65. The van der Waals surface area contributed by atoms with Crippen LogP contribution in [0.15, 0.2) is 42.5 Å². The summed E-state index contributed by atoms with van der Waals surface area (Å²) in [5.74, 6) is 1.36. The SMILES string of the molecule is COc1ccc(N2CC(C(=O)NC3CCOc4ccccc43)CC2=O)cc1OC. The molecule has 1 fully saturated rings. The van der Waals surface area contributed by atoms with Gasteiger partial charge >= 0.3 is 0 Å². The highest BCUT2D eigenvalue weighted by Gasteiger charge is 2.36. The minimum atomic E-state index is -0.398. The highest BCUT2D eigenvalue weighted by molar-refractivity contribution is 6.00. The van der Waals surface area contributed by atoms with Crippen molar-refractivity contribution in [2.24, 2.45) is 5.92 Å². The van der Waals surface area contributed by atoms with Crippen LogP contribution in [-0.4, -0.2) is 39.2 Å². The molecule has 0 saturated carbocycles. The molecular formula is C22H24N2O5. The number of amides is 2. The number of fused-ring (bicyclic) bond motifs is 1. The summed E-state index contributed by atoms with van der Waals surface area (Å²) in [6.45, 7) is 0.897. The molecule has 7 nitrogen and oxygen atoms in total. The minimum Gasteiger partial charge on any atom is -0.493 e. The standard InChI is InChI=1S/C22H24N2O5/c1-27-19-8-7-15(12-20(19)28-2)24-13-14(11-21(24)25)22(26)23-17-9-10-29-18-6-4-3-5-16(17)18/h3-8,12,14,17H,9-11,13H2,1-2H3,(H,23,26). The number of hydrogen-bond acceptors (Lipinski definition) is 5. The quantitative estimate of drug-likeness (QED) is 0.841. The van der Waals surface area contributed by atoms with Crippen molar-refractivity contribution in [1.29, 1.82) is 0 Å². The first-order chi connectivity index (χ1) is 14.1. The van der Waals surface area contributed by atoms with Gasteiger partial charge in [-0.15, -0.1) is 0 Å². The zero-order valence-corrected chi connectivity index (χ0v) is 16.5. The topological polar surface area (TPSA) is 77.1 Å². The van der Waals surface area contributed by atoms with Crippen LogP contribution in [-0.2, 0) is 9.59 Å². The summed E-state index contributed by atoms with van der Waals surface area (Å²) in [7, 11) is 3.11. The van der Waals surface area contributed by atoms with Gasteiger partial charge in [-0.2, -0.15) is 0 Å². The number of nitrogens with zero attached hydrogens (tertiary/aromatic N) is 1. The van der Waals surface area contributed by atoms with E-state index in [-0.39, 0.29) is 24.3 Å². The number of carbonyl (C=O) groups is 2. The molecule has 2 aliphatic rings. The van der Waals surface area contributed by atoms with Crippen LogP contribution in [0.4, 0.5) is 5.69 Å². The lowest BCUT2D eigenvalue weighted by molar-refractivity contribution is -0.127. The zero-order chi connectivity index (χ0) is 20.4. The second-order valence-corrected chi connectivity index (χ2v) is 7.18. The average Bonchev–Trinajstić information content (AvgIpc) is 3.15. The summed E-state index contributed by atoms with van der Waals surface area (Å²) >= 11 is 0. The Labute approximate surface area is 169 Å². The van der Waals surface area contributed by atoms with Crippen LogP contribution >= 0.6 is 0 Å². The highest BCUT2D eigenvalue weighted by atomic mass is 16.5. The first kappa shape index (κ1) is 19.1. The average molecular weight is 396 g/mol. The Morgan fingerprint density at radius 1 is 1.14 bits per heavy atom. The van der Waals surface area contributed by atoms with Crippen LogP contribution in [0.3, 0.4) is 0 Å². The largest absolute Gasteiger partial charge is 0.493 e. The molecular weight excluding hydrogens is 372 g/mol. The van der Waals surface area contributed by atoms with Gasteiger partial charge < -0.3 is 24.4 Å². The lowest BCUT2D eigenvalue weighted by atomic mass is 9.99. The van der Waals surface area contributed by atoms with Crippen LogP contribution < -0.4 is 24.4 Å². The lowest BCUT2D eigenvalue weighted by Gasteiger charge is -2.27. The summed E-state index contributed by atoms with van der Waals surface area (Å²) < 4.78 is 16.2. The van der Waals surface area contributed by atoms with Crippen molar-refractivity contribution in [3.63, 3.8) is 0 Å². The monoisotopic (exact) mass is 396 g/mol. The van der Waals surface area contributed by atoms with Gasteiger partial charge in [0.1, 0.15) is 5.75 Å². The van der Waals surface area contributed by atoms with Gasteiger partial charge in [-0.3, -0.25) is 9.59 Å². The molecule has 1 saturated heterocycles. The molecule has 2 aromatic rings. The maximum atomic E-state index is 12.9. The second kappa shape index (κ2) is 8.03. The molecule has 0 aromatic heterocycles. The molecule has 7 heteroatoms. The smallest absolute Gasteiger partial charge is 0.227 e. The molecule has 0 aliphatic carbocycles. The van der Waals surface area contributed by atoms with E-state index in [4.69, 9.17) is 14.2 Å². The molecule has 0 radical (unpaired) electrons. The summed E-state index contributed by atoms with van der Waals surface area (Å²) in [5, 5.41) is 3.11. The highest BCUT2D eigenvalue weighted by Crippen LogP contribution is 2.35. The van der Waals surface area contributed by atoms with Gasteiger partial charge in [0.2, 0.25) is 11.8 Å². The fourth-order valence-electron chi connectivity index (χ4n) is 3.91. The van der Waals surface area contributed by atoms with Crippen molar-refractivity contribution in [1.82, 2.24) is 5.32 Å². The number of nitrogens with one attached hydrogen (secondary N) is 1. The van der Waals surface area contributed by atoms with E-state index in [0.29, 0.717) is 36.8 Å². The number of methoxy groups -OCH3 is 2. The van der Waals surface area contributed by atoms with Crippen LogP contribution in [0.25, 0.3) is 0 Å². The normalized spacial score (nSPS) is 20.6. The van der Waals surface area contributed by atoms with Gasteiger partial charge in [-0.25, -0.2) is 0 Å². The summed E-state index contributed by atoms with van der Waals surface area (Å²) in [6.07, 6.45) is 0.897. The van der Waals surface area contributed by atoms with Crippen LogP contribution in [0.1, 0.15) is 24.4 Å². The van der Waals surface area contributed by atoms with Crippen molar-refractivity contribution >= 4 is 17.5 Å². The number of para-hydroxylation sites is 1. The summed E-state index contributed by atoms with van der Waals surface area (Å²) in [4.78, 5) is 27.1. The van der Waals surface area contributed by atoms with Gasteiger partial charge in [0.05, 0.1) is 32.8 Å². The number of benzene rings is 2. The van der Waals surface area contributed by atoms with Crippen molar-refractivity contribution in [2.45, 2.75) is 18.9 Å². The third-order valence-electron chi connectivity index (χ3n) is 5.45. The summed E-state index contributed by atoms with van der Waals surface area (Å²) in [5.41, 5.74) is 1.67. The van der Waals surface area contributed by atoms with Gasteiger partial charge in [0.25, 0.3) is 0 Å². The van der Waals surface area contributed by atoms with E-state index in [1.54, 1.807) is 37.3 Å². The van der Waals surface area contributed by atoms with Crippen molar-refractivity contribution < 1.29 is 23.8 Å². The van der Waals surface area contributed by atoms with E-state index in [1.807, 2.05) is 24.3 Å². The molecule has 2 aromatic carbocycles. The van der Waals surface area contributed by atoms with Crippen molar-refractivity contribution in [2.75, 3.05) is 32.3 Å². The van der Waals surface area contributed by atoms with E-state index < -0.39 is 5.92 Å². The Hall–Kier alpha value is -3.22. The van der Waals surface area contributed by atoms with Crippen LogP contribution in [0, 0.1) is 5.92 Å². The third-order valence-corrected chi connectivity index (χ3v) is 5.45. The lowest BCUT2D eigenvalue weighted by Crippen LogP contribution is -2.37.